The molecule has 0 aliphatic carbocycles. The summed E-state index contributed by atoms with van der Waals surface area (Å²) in [7, 11) is 0. The summed E-state index contributed by atoms with van der Waals surface area (Å²) in [5, 5.41) is 18.0. The van der Waals surface area contributed by atoms with Crippen molar-refractivity contribution in [2.45, 2.75) is 0 Å². The van der Waals surface area contributed by atoms with Crippen molar-refractivity contribution in [1.82, 2.24) is 30.4 Å². The summed E-state index contributed by atoms with van der Waals surface area (Å²) >= 11 is 0. The molecule has 3 aromatic rings. The topological polar surface area (TPSA) is 72.3 Å². The first-order chi connectivity index (χ1) is 7.93. The lowest BCUT2D eigenvalue weighted by molar-refractivity contribution is 0.880. The van der Waals surface area contributed by atoms with Gasteiger partial charge in [-0.15, -0.1) is 10.2 Å². The molecule has 1 aromatic carbocycles. The van der Waals surface area contributed by atoms with E-state index in [2.05, 4.69) is 25.7 Å². The maximum Gasteiger partial charge on any atom is 0.204 e. The minimum Gasteiger partial charge on any atom is -0.241 e. The second-order valence-corrected chi connectivity index (χ2v) is 3.24. The van der Waals surface area contributed by atoms with Gasteiger partial charge in [0.2, 0.25) is 5.82 Å². The van der Waals surface area contributed by atoms with E-state index >= 15 is 0 Å². The highest BCUT2D eigenvalue weighted by atomic mass is 15.5. The molecular formula is C10H8N6. The van der Waals surface area contributed by atoms with E-state index in [-0.39, 0.29) is 0 Å². The van der Waals surface area contributed by atoms with Gasteiger partial charge in [0.1, 0.15) is 0 Å². The number of benzene rings is 1. The van der Waals surface area contributed by atoms with Crippen LogP contribution in [0.15, 0.2) is 42.7 Å². The molecule has 0 saturated carbocycles. The molecular weight excluding hydrogens is 204 g/mol. The second kappa shape index (κ2) is 3.58. The number of nitrogens with zero attached hydrogens (tertiary/aromatic N) is 5. The Labute approximate surface area is 90.9 Å². The zero-order chi connectivity index (χ0) is 10.8. The van der Waals surface area contributed by atoms with Crippen LogP contribution in [0, 0.1) is 0 Å². The van der Waals surface area contributed by atoms with Gasteiger partial charge < -0.3 is 0 Å². The van der Waals surface area contributed by atoms with Gasteiger partial charge in [0.15, 0.2) is 0 Å². The number of rotatable bonds is 2. The fourth-order valence-corrected chi connectivity index (χ4v) is 1.49. The normalized spacial score (nSPS) is 10.5. The highest BCUT2D eigenvalue weighted by Crippen LogP contribution is 2.16. The highest BCUT2D eigenvalue weighted by Gasteiger charge is 2.04. The Kier molecular flexibility index (Phi) is 1.96. The fraction of sp³-hybridized carbons (Fsp3) is 0. The number of hydrogen-bond acceptors (Lipinski definition) is 4. The molecule has 1 N–H and O–H groups in total. The lowest BCUT2D eigenvalue weighted by atomic mass is 10.2. The van der Waals surface area contributed by atoms with Gasteiger partial charge in [0, 0.05) is 18.0 Å². The smallest absolute Gasteiger partial charge is 0.204 e. The van der Waals surface area contributed by atoms with Crippen LogP contribution >= 0.6 is 0 Å². The van der Waals surface area contributed by atoms with Crippen molar-refractivity contribution in [2.75, 3.05) is 0 Å². The molecule has 0 saturated heterocycles. The number of tetrazole rings is 1. The summed E-state index contributed by atoms with van der Waals surface area (Å²) in [5.74, 6) is 0.578. The molecule has 0 aliphatic rings. The van der Waals surface area contributed by atoms with Crippen LogP contribution in [-0.4, -0.2) is 30.4 Å². The SMILES string of the molecule is c1cc(-c2nn[nH]n2)cc(-n2cccn2)c1. The van der Waals surface area contributed by atoms with Crippen LogP contribution in [0.3, 0.4) is 0 Å². The van der Waals surface area contributed by atoms with E-state index < -0.39 is 0 Å². The summed E-state index contributed by atoms with van der Waals surface area (Å²) < 4.78 is 1.78. The zero-order valence-corrected chi connectivity index (χ0v) is 8.28. The first-order valence-corrected chi connectivity index (χ1v) is 4.77. The van der Waals surface area contributed by atoms with Crippen LogP contribution in [0.5, 0.6) is 0 Å². The molecule has 0 bridgehead atoms. The molecule has 0 aliphatic heterocycles. The van der Waals surface area contributed by atoms with Gasteiger partial charge in [-0.25, -0.2) is 4.68 Å². The van der Waals surface area contributed by atoms with Crippen LogP contribution in [0.2, 0.25) is 0 Å². The van der Waals surface area contributed by atoms with E-state index in [1.165, 1.54) is 0 Å². The fourth-order valence-electron chi connectivity index (χ4n) is 1.49. The van der Waals surface area contributed by atoms with Crippen molar-refractivity contribution in [3.63, 3.8) is 0 Å². The van der Waals surface area contributed by atoms with Gasteiger partial charge in [0.05, 0.1) is 5.69 Å². The van der Waals surface area contributed by atoms with Crippen LogP contribution in [0.1, 0.15) is 0 Å². The molecule has 6 nitrogen and oxygen atoms in total. The summed E-state index contributed by atoms with van der Waals surface area (Å²) in [5.41, 5.74) is 1.87. The van der Waals surface area contributed by atoms with Crippen molar-refractivity contribution in [3.05, 3.63) is 42.7 Å². The van der Waals surface area contributed by atoms with E-state index in [1.807, 2.05) is 36.5 Å². The quantitative estimate of drug-likeness (QED) is 0.689. The Morgan fingerprint density at radius 3 is 2.94 bits per heavy atom. The van der Waals surface area contributed by atoms with E-state index in [1.54, 1.807) is 10.9 Å². The lowest BCUT2D eigenvalue weighted by Crippen LogP contribution is -1.94. The first-order valence-electron chi connectivity index (χ1n) is 4.77. The molecule has 0 spiro atoms. The molecule has 78 valence electrons. The molecule has 0 atom stereocenters. The molecule has 16 heavy (non-hydrogen) atoms. The maximum absolute atomic E-state index is 4.16. The zero-order valence-electron chi connectivity index (χ0n) is 8.28. The van der Waals surface area contributed by atoms with Gasteiger partial charge >= 0.3 is 0 Å². The third kappa shape index (κ3) is 1.46. The lowest BCUT2D eigenvalue weighted by Gasteiger charge is -2.02. The van der Waals surface area contributed by atoms with Crippen molar-refractivity contribution < 1.29 is 0 Å². The molecule has 0 unspecified atom stereocenters. The number of hydrogen-bond donors (Lipinski definition) is 1. The average molecular weight is 212 g/mol. The average Bonchev–Trinajstić information content (AvgIpc) is 3.03. The van der Waals surface area contributed by atoms with Gasteiger partial charge in [-0.3, -0.25) is 0 Å². The van der Waals surface area contributed by atoms with Crippen LogP contribution in [0.4, 0.5) is 0 Å². The van der Waals surface area contributed by atoms with Crippen LogP contribution in [0.25, 0.3) is 17.1 Å². The van der Waals surface area contributed by atoms with E-state index in [0.717, 1.165) is 11.3 Å². The number of aromatic amines is 1. The molecule has 0 fully saturated rings. The van der Waals surface area contributed by atoms with E-state index in [0.29, 0.717) is 5.82 Å². The molecule has 0 radical (unpaired) electrons. The van der Waals surface area contributed by atoms with Gasteiger partial charge in [-0.05, 0) is 23.4 Å². The third-order valence-electron chi connectivity index (χ3n) is 2.22. The van der Waals surface area contributed by atoms with Crippen molar-refractivity contribution in [3.8, 4) is 17.1 Å². The Hall–Kier alpha value is -2.50. The van der Waals surface area contributed by atoms with Gasteiger partial charge in [-0.2, -0.15) is 10.3 Å². The number of H-pyrrole nitrogens is 1. The van der Waals surface area contributed by atoms with Crippen LogP contribution in [-0.2, 0) is 0 Å². The molecule has 6 heteroatoms. The van der Waals surface area contributed by atoms with Crippen LogP contribution < -0.4 is 0 Å². The molecule has 2 aromatic heterocycles. The van der Waals surface area contributed by atoms with Crippen molar-refractivity contribution in [1.29, 1.82) is 0 Å². The largest absolute Gasteiger partial charge is 0.241 e. The molecule has 0 amide bonds. The Balaban J connectivity index is 2.07. The minimum absolute atomic E-state index is 0.578. The Morgan fingerprint density at radius 2 is 2.19 bits per heavy atom. The Bertz CT molecular complexity index is 520. The Morgan fingerprint density at radius 1 is 1.19 bits per heavy atom. The monoisotopic (exact) mass is 212 g/mol. The van der Waals surface area contributed by atoms with E-state index in [9.17, 15) is 0 Å². The van der Waals surface area contributed by atoms with Gasteiger partial charge in [0.25, 0.3) is 0 Å². The molecule has 3 rings (SSSR count). The predicted molar refractivity (Wildman–Crippen MR) is 56.7 cm³/mol. The number of nitrogens with one attached hydrogen (secondary N) is 1. The minimum atomic E-state index is 0.578. The standard InChI is InChI=1S/C10H8N6/c1-3-8(10-12-14-15-13-10)7-9(4-1)16-6-2-5-11-16/h1-7H,(H,12,13,14,15). The van der Waals surface area contributed by atoms with Crippen molar-refractivity contribution >= 4 is 0 Å². The summed E-state index contributed by atoms with van der Waals surface area (Å²) in [4.78, 5) is 0. The summed E-state index contributed by atoms with van der Waals surface area (Å²) in [6.45, 7) is 0. The van der Waals surface area contributed by atoms with Crippen molar-refractivity contribution in [2.24, 2.45) is 0 Å². The third-order valence-corrected chi connectivity index (χ3v) is 2.22. The first kappa shape index (κ1) is 8.78. The highest BCUT2D eigenvalue weighted by molar-refractivity contribution is 5.57. The predicted octanol–water partition coefficient (Wildman–Crippen LogP) is 1.05. The maximum atomic E-state index is 4.16. The summed E-state index contributed by atoms with van der Waals surface area (Å²) in [6.07, 6.45) is 3.62. The second-order valence-electron chi connectivity index (χ2n) is 3.24. The van der Waals surface area contributed by atoms with Gasteiger partial charge in [-0.1, -0.05) is 12.1 Å². The molecule has 2 heterocycles. The summed E-state index contributed by atoms with van der Waals surface area (Å²) in [6, 6.07) is 9.66. The number of aromatic nitrogens is 6. The van der Waals surface area contributed by atoms with E-state index in [4.69, 9.17) is 0 Å².